The number of aliphatic hydroxyl groups is 1. The molecule has 10 heteroatoms. The van der Waals surface area contributed by atoms with Gasteiger partial charge < -0.3 is 20.1 Å². The van der Waals surface area contributed by atoms with Crippen LogP contribution in [0.25, 0.3) is 0 Å². The number of nitrogens with one attached hydrogen (secondary N) is 1. The third kappa shape index (κ3) is 38.2. The number of carbonyl (C=O) groups is 2. The molecule has 3 N–H and O–H groups in total. The Morgan fingerprint density at radius 2 is 0.900 bits per heavy atom. The second-order valence-electron chi connectivity index (χ2n) is 14.3. The lowest BCUT2D eigenvalue weighted by Crippen LogP contribution is -2.27. The SMILES string of the molecule is CCCCCCCCCCCCCCCCCC(=O)NCCOP(=O)(O)OCC(O)COC(=O)CCCCCCCCCCCCCCCC. The maximum Gasteiger partial charge on any atom is 0.472 e. The first-order valence-electron chi connectivity index (χ1n) is 21.0. The van der Waals surface area contributed by atoms with Crippen LogP contribution >= 0.6 is 7.82 Å². The van der Waals surface area contributed by atoms with E-state index in [1.165, 1.54) is 148 Å². The molecule has 0 rings (SSSR count). The van der Waals surface area contributed by atoms with Crippen LogP contribution in [0.4, 0.5) is 0 Å². The molecule has 0 aliphatic heterocycles. The molecule has 2 atom stereocenters. The third-order valence-electron chi connectivity index (χ3n) is 9.29. The van der Waals surface area contributed by atoms with Crippen molar-refractivity contribution in [2.75, 3.05) is 26.4 Å². The van der Waals surface area contributed by atoms with E-state index in [0.717, 1.165) is 38.5 Å². The van der Waals surface area contributed by atoms with Crippen LogP contribution in [0.5, 0.6) is 0 Å². The molecular weight excluding hydrogens is 653 g/mol. The molecule has 1 amide bonds. The van der Waals surface area contributed by atoms with Crippen LogP contribution in [0.2, 0.25) is 0 Å². The van der Waals surface area contributed by atoms with Crippen LogP contribution in [-0.4, -0.2) is 54.3 Å². The number of unbranched alkanes of at least 4 members (excludes halogenated alkanes) is 27. The van der Waals surface area contributed by atoms with E-state index >= 15 is 0 Å². The summed E-state index contributed by atoms with van der Waals surface area (Å²) in [4.78, 5) is 33.8. The van der Waals surface area contributed by atoms with Crippen LogP contribution in [-0.2, 0) is 27.9 Å². The second-order valence-corrected chi connectivity index (χ2v) is 15.8. The van der Waals surface area contributed by atoms with E-state index in [2.05, 4.69) is 19.2 Å². The van der Waals surface area contributed by atoms with E-state index in [4.69, 9.17) is 13.8 Å². The molecule has 50 heavy (non-hydrogen) atoms. The lowest BCUT2D eigenvalue weighted by molar-refractivity contribution is -0.147. The lowest BCUT2D eigenvalue weighted by Gasteiger charge is -2.15. The van der Waals surface area contributed by atoms with Gasteiger partial charge in [0.1, 0.15) is 12.7 Å². The van der Waals surface area contributed by atoms with Crippen molar-refractivity contribution in [3.63, 3.8) is 0 Å². The maximum absolute atomic E-state index is 12.1. The summed E-state index contributed by atoms with van der Waals surface area (Å²) in [6, 6.07) is 0. The largest absolute Gasteiger partial charge is 0.472 e. The second kappa shape index (κ2) is 37.8. The number of hydrogen-bond donors (Lipinski definition) is 3. The molecule has 0 aromatic rings. The van der Waals surface area contributed by atoms with Crippen molar-refractivity contribution >= 4 is 19.7 Å². The quantitative estimate of drug-likeness (QED) is 0.0322. The number of amides is 1. The van der Waals surface area contributed by atoms with Gasteiger partial charge >= 0.3 is 13.8 Å². The summed E-state index contributed by atoms with van der Waals surface area (Å²) in [6.07, 6.45) is 36.0. The highest BCUT2D eigenvalue weighted by molar-refractivity contribution is 7.47. The first kappa shape index (κ1) is 49.0. The number of phosphoric acid groups is 1. The minimum Gasteiger partial charge on any atom is -0.463 e. The van der Waals surface area contributed by atoms with E-state index in [0.29, 0.717) is 12.8 Å². The van der Waals surface area contributed by atoms with Crippen LogP contribution in [0.3, 0.4) is 0 Å². The normalized spacial score (nSPS) is 13.3. The predicted octanol–water partition coefficient (Wildman–Crippen LogP) is 11.3. The molecule has 0 spiro atoms. The minimum atomic E-state index is -4.40. The Hall–Kier alpha value is -0.990. The Bertz CT molecular complexity index is 799. The van der Waals surface area contributed by atoms with Gasteiger partial charge in [-0.1, -0.05) is 187 Å². The van der Waals surface area contributed by atoms with Crippen molar-refractivity contribution in [2.24, 2.45) is 0 Å². The Kier molecular flexibility index (Phi) is 37.0. The van der Waals surface area contributed by atoms with E-state index in [1.807, 2.05) is 0 Å². The fraction of sp³-hybridized carbons (Fsp3) is 0.950. The first-order chi connectivity index (χ1) is 24.3. The fourth-order valence-electron chi connectivity index (χ4n) is 6.09. The van der Waals surface area contributed by atoms with Gasteiger partial charge in [-0.05, 0) is 12.8 Å². The molecule has 0 saturated heterocycles. The summed E-state index contributed by atoms with van der Waals surface area (Å²) in [7, 11) is -4.40. The average Bonchev–Trinajstić information content (AvgIpc) is 3.10. The minimum absolute atomic E-state index is 0.0882. The summed E-state index contributed by atoms with van der Waals surface area (Å²) < 4.78 is 26.8. The highest BCUT2D eigenvalue weighted by atomic mass is 31.2. The number of carbonyl (C=O) groups excluding carboxylic acids is 2. The molecular formula is C40H80NO8P. The summed E-state index contributed by atoms with van der Waals surface area (Å²) in [5.74, 6) is -0.505. The molecule has 0 heterocycles. The van der Waals surface area contributed by atoms with E-state index in [-0.39, 0.29) is 25.7 Å². The van der Waals surface area contributed by atoms with Crippen LogP contribution in [0, 0.1) is 0 Å². The van der Waals surface area contributed by atoms with Crippen molar-refractivity contribution in [2.45, 2.75) is 219 Å². The predicted molar refractivity (Wildman–Crippen MR) is 206 cm³/mol. The Morgan fingerprint density at radius 1 is 0.540 bits per heavy atom. The number of aliphatic hydroxyl groups excluding tert-OH is 1. The summed E-state index contributed by atoms with van der Waals surface area (Å²) in [5, 5.41) is 12.7. The highest BCUT2D eigenvalue weighted by Gasteiger charge is 2.23. The lowest BCUT2D eigenvalue weighted by atomic mass is 10.0. The van der Waals surface area contributed by atoms with Gasteiger partial charge in [0.15, 0.2) is 0 Å². The van der Waals surface area contributed by atoms with Crippen LogP contribution in [0.1, 0.15) is 213 Å². The van der Waals surface area contributed by atoms with Crippen molar-refractivity contribution < 1.29 is 37.9 Å². The average molecular weight is 734 g/mol. The van der Waals surface area contributed by atoms with Crippen molar-refractivity contribution in [1.29, 1.82) is 0 Å². The van der Waals surface area contributed by atoms with Gasteiger partial charge in [0.05, 0.1) is 13.2 Å². The number of rotatable bonds is 40. The van der Waals surface area contributed by atoms with Crippen molar-refractivity contribution in [3.05, 3.63) is 0 Å². The molecule has 0 aromatic carbocycles. The summed E-state index contributed by atoms with van der Waals surface area (Å²) >= 11 is 0. The summed E-state index contributed by atoms with van der Waals surface area (Å²) in [5.41, 5.74) is 0. The van der Waals surface area contributed by atoms with Crippen LogP contribution < -0.4 is 5.32 Å². The molecule has 0 aliphatic rings. The number of phosphoric ester groups is 1. The smallest absolute Gasteiger partial charge is 0.463 e. The van der Waals surface area contributed by atoms with Gasteiger partial charge in [0, 0.05) is 19.4 Å². The number of esters is 1. The number of ether oxygens (including phenoxy) is 1. The zero-order valence-electron chi connectivity index (χ0n) is 32.6. The topological polar surface area (TPSA) is 131 Å². The molecule has 0 aromatic heterocycles. The first-order valence-corrected chi connectivity index (χ1v) is 22.5. The molecule has 2 unspecified atom stereocenters. The fourth-order valence-corrected chi connectivity index (χ4v) is 6.84. The van der Waals surface area contributed by atoms with Gasteiger partial charge in [-0.3, -0.25) is 18.6 Å². The Morgan fingerprint density at radius 3 is 1.30 bits per heavy atom. The monoisotopic (exact) mass is 734 g/mol. The van der Waals surface area contributed by atoms with Gasteiger partial charge in [-0.2, -0.15) is 0 Å². The van der Waals surface area contributed by atoms with Gasteiger partial charge in [0.25, 0.3) is 0 Å². The highest BCUT2D eigenvalue weighted by Crippen LogP contribution is 2.42. The van der Waals surface area contributed by atoms with Crippen molar-refractivity contribution in [1.82, 2.24) is 5.32 Å². The van der Waals surface area contributed by atoms with Gasteiger partial charge in [-0.25, -0.2) is 4.57 Å². The molecule has 9 nitrogen and oxygen atoms in total. The Balaban J connectivity index is 3.56. The molecule has 0 saturated carbocycles. The molecule has 0 fully saturated rings. The standard InChI is InChI=1S/C40H80NO8P/c1-3-5-7-9-11-13-15-17-19-20-22-24-26-28-30-32-39(43)41-34-35-48-50(45,46)49-37-38(42)36-47-40(44)33-31-29-27-25-23-21-18-16-14-12-10-8-6-4-2/h38,42H,3-37H2,1-2H3,(H,41,43)(H,45,46). The third-order valence-corrected chi connectivity index (χ3v) is 10.3. The van der Waals surface area contributed by atoms with Gasteiger partial charge in [0.2, 0.25) is 5.91 Å². The Labute approximate surface area is 307 Å². The van der Waals surface area contributed by atoms with E-state index in [1.54, 1.807) is 0 Å². The van der Waals surface area contributed by atoms with Gasteiger partial charge in [-0.15, -0.1) is 0 Å². The molecule has 0 radical (unpaired) electrons. The maximum atomic E-state index is 12.1. The number of hydrogen-bond acceptors (Lipinski definition) is 7. The zero-order chi connectivity index (χ0) is 36.8. The molecule has 298 valence electrons. The summed E-state index contributed by atoms with van der Waals surface area (Å²) in [6.45, 7) is 3.58. The van der Waals surface area contributed by atoms with E-state index in [9.17, 15) is 24.2 Å². The molecule has 0 bridgehead atoms. The molecule has 0 aliphatic carbocycles. The van der Waals surface area contributed by atoms with Crippen molar-refractivity contribution in [3.8, 4) is 0 Å². The van der Waals surface area contributed by atoms with Crippen LogP contribution in [0.15, 0.2) is 0 Å². The zero-order valence-corrected chi connectivity index (χ0v) is 33.5. The van der Waals surface area contributed by atoms with E-state index < -0.39 is 26.5 Å².